The van der Waals surface area contributed by atoms with Crippen LogP contribution < -0.4 is 5.32 Å². The number of carbonyl (C=O) groups is 2. The SMILES string of the molecule is CCCCCNC(=O)C(Cc1ccccc1)N(Cc1ccccc1)C(=O)CCC. The molecule has 0 heterocycles. The molecule has 29 heavy (non-hydrogen) atoms. The topological polar surface area (TPSA) is 49.4 Å². The summed E-state index contributed by atoms with van der Waals surface area (Å²) in [5.41, 5.74) is 2.09. The maximum atomic E-state index is 13.1. The quantitative estimate of drug-likeness (QED) is 0.529. The molecule has 0 bridgehead atoms. The zero-order valence-electron chi connectivity index (χ0n) is 17.8. The minimum Gasteiger partial charge on any atom is -0.354 e. The van der Waals surface area contributed by atoms with Crippen LogP contribution in [-0.4, -0.2) is 29.3 Å². The van der Waals surface area contributed by atoms with Gasteiger partial charge >= 0.3 is 0 Å². The van der Waals surface area contributed by atoms with Crippen molar-refractivity contribution in [2.24, 2.45) is 0 Å². The summed E-state index contributed by atoms with van der Waals surface area (Å²) in [5, 5.41) is 3.07. The monoisotopic (exact) mass is 394 g/mol. The number of rotatable bonds is 12. The van der Waals surface area contributed by atoms with Crippen LogP contribution in [0.3, 0.4) is 0 Å². The summed E-state index contributed by atoms with van der Waals surface area (Å²) in [6.07, 6.45) is 4.89. The van der Waals surface area contributed by atoms with E-state index in [0.29, 0.717) is 25.9 Å². The maximum absolute atomic E-state index is 13.1. The van der Waals surface area contributed by atoms with Crippen LogP contribution in [0.4, 0.5) is 0 Å². The summed E-state index contributed by atoms with van der Waals surface area (Å²) in [7, 11) is 0. The van der Waals surface area contributed by atoms with Crippen LogP contribution in [0.15, 0.2) is 60.7 Å². The molecule has 156 valence electrons. The van der Waals surface area contributed by atoms with Crippen molar-refractivity contribution >= 4 is 11.8 Å². The highest BCUT2D eigenvalue weighted by atomic mass is 16.2. The van der Waals surface area contributed by atoms with E-state index in [1.54, 1.807) is 4.90 Å². The molecule has 0 aliphatic heterocycles. The number of carbonyl (C=O) groups excluding carboxylic acids is 2. The maximum Gasteiger partial charge on any atom is 0.243 e. The molecule has 1 atom stereocenters. The van der Waals surface area contributed by atoms with Gasteiger partial charge in [-0.25, -0.2) is 0 Å². The minimum absolute atomic E-state index is 0.0287. The number of nitrogens with zero attached hydrogens (tertiary/aromatic N) is 1. The van der Waals surface area contributed by atoms with E-state index in [1.807, 2.05) is 67.6 Å². The van der Waals surface area contributed by atoms with Gasteiger partial charge < -0.3 is 10.2 Å². The third kappa shape index (κ3) is 7.72. The van der Waals surface area contributed by atoms with Crippen molar-refractivity contribution < 1.29 is 9.59 Å². The Kier molecular flexibility index (Phi) is 9.98. The van der Waals surface area contributed by atoms with Crippen LogP contribution in [0.25, 0.3) is 0 Å². The molecule has 0 fully saturated rings. The number of unbranched alkanes of at least 4 members (excludes halogenated alkanes) is 2. The average Bonchev–Trinajstić information content (AvgIpc) is 2.75. The molecule has 1 unspecified atom stereocenters. The summed E-state index contributed by atoms with van der Waals surface area (Å²) in [4.78, 5) is 27.9. The Balaban J connectivity index is 2.25. The highest BCUT2D eigenvalue weighted by Gasteiger charge is 2.29. The van der Waals surface area contributed by atoms with Gasteiger partial charge in [0.25, 0.3) is 0 Å². The van der Waals surface area contributed by atoms with Gasteiger partial charge in [0.05, 0.1) is 0 Å². The molecule has 0 aromatic heterocycles. The molecule has 2 aromatic carbocycles. The Bertz CT molecular complexity index is 731. The Labute approximate surface area is 175 Å². The van der Waals surface area contributed by atoms with E-state index in [9.17, 15) is 9.59 Å². The fourth-order valence-corrected chi connectivity index (χ4v) is 3.40. The minimum atomic E-state index is -0.515. The number of hydrogen-bond acceptors (Lipinski definition) is 2. The molecule has 2 aromatic rings. The van der Waals surface area contributed by atoms with Crippen molar-refractivity contribution in [2.75, 3.05) is 6.54 Å². The van der Waals surface area contributed by atoms with Crippen molar-refractivity contribution in [3.63, 3.8) is 0 Å². The Hall–Kier alpha value is -2.62. The lowest BCUT2D eigenvalue weighted by Crippen LogP contribution is -2.50. The summed E-state index contributed by atoms with van der Waals surface area (Å²) in [5.74, 6) is -0.0358. The molecular formula is C25H34N2O2. The second-order valence-corrected chi connectivity index (χ2v) is 7.46. The Morgan fingerprint density at radius 3 is 2.07 bits per heavy atom. The Morgan fingerprint density at radius 1 is 0.862 bits per heavy atom. The molecular weight excluding hydrogens is 360 g/mol. The third-order valence-electron chi connectivity index (χ3n) is 5.01. The van der Waals surface area contributed by atoms with Crippen LogP contribution in [0.2, 0.25) is 0 Å². The highest BCUT2D eigenvalue weighted by Crippen LogP contribution is 2.16. The lowest BCUT2D eigenvalue weighted by molar-refractivity contribution is -0.141. The molecule has 2 amide bonds. The number of benzene rings is 2. The second-order valence-electron chi connectivity index (χ2n) is 7.46. The summed E-state index contributed by atoms with van der Waals surface area (Å²) >= 11 is 0. The summed E-state index contributed by atoms with van der Waals surface area (Å²) in [6.45, 7) is 5.24. The van der Waals surface area contributed by atoms with Gasteiger partial charge in [0.15, 0.2) is 0 Å². The van der Waals surface area contributed by atoms with Gasteiger partial charge in [-0.2, -0.15) is 0 Å². The van der Waals surface area contributed by atoms with Gasteiger partial charge in [-0.1, -0.05) is 87.4 Å². The molecule has 0 radical (unpaired) electrons. The summed E-state index contributed by atoms with van der Waals surface area (Å²) in [6, 6.07) is 19.3. The number of amides is 2. The average molecular weight is 395 g/mol. The van der Waals surface area contributed by atoms with Crippen molar-refractivity contribution in [3.05, 3.63) is 71.8 Å². The van der Waals surface area contributed by atoms with E-state index < -0.39 is 6.04 Å². The predicted octanol–water partition coefficient (Wildman–Crippen LogP) is 4.73. The lowest BCUT2D eigenvalue weighted by Gasteiger charge is -2.31. The molecule has 0 spiro atoms. The second kappa shape index (κ2) is 12.8. The standard InChI is InChI=1S/C25H34N2O2/c1-3-5-12-18-26-25(29)23(19-21-14-8-6-9-15-21)27(24(28)13-4-2)20-22-16-10-7-11-17-22/h6-11,14-17,23H,3-5,12-13,18-20H2,1-2H3,(H,26,29). The van der Waals surface area contributed by atoms with Crippen molar-refractivity contribution in [1.29, 1.82) is 0 Å². The van der Waals surface area contributed by atoms with Crippen LogP contribution in [-0.2, 0) is 22.6 Å². The molecule has 0 aliphatic rings. The first kappa shape index (κ1) is 22.7. The van der Waals surface area contributed by atoms with Gasteiger partial charge in [-0.05, 0) is 24.0 Å². The van der Waals surface area contributed by atoms with E-state index in [0.717, 1.165) is 36.8 Å². The lowest BCUT2D eigenvalue weighted by atomic mass is 10.0. The van der Waals surface area contributed by atoms with Gasteiger partial charge in [0.2, 0.25) is 11.8 Å². The van der Waals surface area contributed by atoms with Crippen molar-refractivity contribution in [3.8, 4) is 0 Å². The van der Waals surface area contributed by atoms with Crippen LogP contribution in [0.1, 0.15) is 57.1 Å². The molecule has 4 heteroatoms. The highest BCUT2D eigenvalue weighted by molar-refractivity contribution is 5.88. The number of hydrogen-bond donors (Lipinski definition) is 1. The zero-order valence-corrected chi connectivity index (χ0v) is 17.8. The smallest absolute Gasteiger partial charge is 0.243 e. The molecule has 0 aliphatic carbocycles. The van der Waals surface area contributed by atoms with Gasteiger partial charge in [-0.3, -0.25) is 9.59 Å². The zero-order chi connectivity index (χ0) is 20.9. The molecule has 2 rings (SSSR count). The van der Waals surface area contributed by atoms with Crippen LogP contribution in [0, 0.1) is 0 Å². The molecule has 0 saturated heterocycles. The van der Waals surface area contributed by atoms with Crippen LogP contribution in [0.5, 0.6) is 0 Å². The van der Waals surface area contributed by atoms with Crippen molar-refractivity contribution in [2.45, 2.75) is 65.0 Å². The van der Waals surface area contributed by atoms with E-state index in [1.165, 1.54) is 0 Å². The van der Waals surface area contributed by atoms with E-state index >= 15 is 0 Å². The molecule has 4 nitrogen and oxygen atoms in total. The largest absolute Gasteiger partial charge is 0.354 e. The normalized spacial score (nSPS) is 11.7. The first-order valence-electron chi connectivity index (χ1n) is 10.8. The van der Waals surface area contributed by atoms with E-state index in [4.69, 9.17) is 0 Å². The molecule has 0 saturated carbocycles. The summed E-state index contributed by atoms with van der Waals surface area (Å²) < 4.78 is 0. The predicted molar refractivity (Wildman–Crippen MR) is 118 cm³/mol. The van der Waals surface area contributed by atoms with Gasteiger partial charge in [0.1, 0.15) is 6.04 Å². The first-order valence-corrected chi connectivity index (χ1v) is 10.8. The van der Waals surface area contributed by atoms with E-state index in [-0.39, 0.29) is 11.8 Å². The van der Waals surface area contributed by atoms with Gasteiger partial charge in [-0.15, -0.1) is 0 Å². The van der Waals surface area contributed by atoms with E-state index in [2.05, 4.69) is 12.2 Å². The first-order chi connectivity index (χ1) is 14.2. The fraction of sp³-hybridized carbons (Fsp3) is 0.440. The van der Waals surface area contributed by atoms with Crippen LogP contribution >= 0.6 is 0 Å². The number of nitrogens with one attached hydrogen (secondary N) is 1. The fourth-order valence-electron chi connectivity index (χ4n) is 3.40. The third-order valence-corrected chi connectivity index (χ3v) is 5.01. The van der Waals surface area contributed by atoms with Crippen molar-refractivity contribution in [1.82, 2.24) is 10.2 Å². The molecule has 1 N–H and O–H groups in total. The van der Waals surface area contributed by atoms with Gasteiger partial charge in [0, 0.05) is 25.9 Å². The Morgan fingerprint density at radius 2 is 1.48 bits per heavy atom.